The lowest BCUT2D eigenvalue weighted by atomic mass is 10.2. The average Bonchev–Trinajstić information content (AvgIpc) is 2.71. The number of halogens is 1. The molecular weight excluding hydrogens is 480 g/mol. The molecule has 0 spiro atoms. The first-order valence-corrected chi connectivity index (χ1v) is 12.0. The van der Waals surface area contributed by atoms with Crippen LogP contribution in [0.25, 0.3) is 0 Å². The van der Waals surface area contributed by atoms with E-state index in [-0.39, 0.29) is 11.8 Å². The quantitative estimate of drug-likeness (QED) is 0.268. The Hall–Kier alpha value is -1.39. The highest BCUT2D eigenvalue weighted by Gasteiger charge is 2.15. The van der Waals surface area contributed by atoms with Crippen molar-refractivity contribution in [2.45, 2.75) is 52.2 Å². The van der Waals surface area contributed by atoms with Crippen LogP contribution >= 0.6 is 15.9 Å². The molecular formula is C23H39BrN2O6. The summed E-state index contributed by atoms with van der Waals surface area (Å²) in [4.78, 5) is 11.5. The molecule has 0 aliphatic heterocycles. The van der Waals surface area contributed by atoms with Gasteiger partial charge in [0.25, 0.3) is 0 Å². The molecule has 32 heavy (non-hydrogen) atoms. The van der Waals surface area contributed by atoms with Crippen molar-refractivity contribution >= 4 is 22.0 Å². The van der Waals surface area contributed by atoms with Gasteiger partial charge in [0.05, 0.1) is 26.4 Å². The second-order valence-electron chi connectivity index (χ2n) is 8.28. The number of phenolic OH excluding ortho intramolecular Hbond substituents is 1. The molecule has 1 aromatic carbocycles. The van der Waals surface area contributed by atoms with Gasteiger partial charge < -0.3 is 34.7 Å². The Morgan fingerprint density at radius 1 is 0.938 bits per heavy atom. The number of aromatic hydroxyl groups is 1. The first-order valence-electron chi connectivity index (χ1n) is 11.2. The van der Waals surface area contributed by atoms with Gasteiger partial charge in [0.2, 0.25) is 0 Å². The maximum Gasteiger partial charge on any atom is 0.407 e. The molecule has 184 valence electrons. The third-order valence-corrected chi connectivity index (χ3v) is 4.89. The Morgan fingerprint density at radius 3 is 2.22 bits per heavy atom. The molecule has 9 heteroatoms. The Balaban J connectivity index is 1.79. The summed E-state index contributed by atoms with van der Waals surface area (Å²) in [6.45, 7) is 11.1. The lowest BCUT2D eigenvalue weighted by molar-refractivity contribution is 0.0135. The number of alkyl carbamates (subject to hydrolysis) is 1. The lowest BCUT2D eigenvalue weighted by Crippen LogP contribution is -2.33. The van der Waals surface area contributed by atoms with Gasteiger partial charge in [0, 0.05) is 30.8 Å². The molecule has 3 N–H and O–H groups in total. The van der Waals surface area contributed by atoms with Gasteiger partial charge in [-0.05, 0) is 70.3 Å². The number of benzene rings is 1. The van der Waals surface area contributed by atoms with Crippen molar-refractivity contribution in [3.8, 4) is 5.75 Å². The molecule has 0 aromatic heterocycles. The van der Waals surface area contributed by atoms with Crippen molar-refractivity contribution < 1.29 is 28.8 Å². The number of hydrogen-bond acceptors (Lipinski definition) is 7. The number of hydrogen-bond donors (Lipinski definition) is 3. The van der Waals surface area contributed by atoms with Gasteiger partial charge in [-0.25, -0.2) is 4.79 Å². The Labute approximate surface area is 200 Å². The summed E-state index contributed by atoms with van der Waals surface area (Å²) in [6.07, 6.45) is 2.23. The van der Waals surface area contributed by atoms with Crippen LogP contribution in [0.2, 0.25) is 0 Å². The van der Waals surface area contributed by atoms with Crippen molar-refractivity contribution in [3.63, 3.8) is 0 Å². The van der Waals surface area contributed by atoms with Gasteiger partial charge in [-0.2, -0.15) is 0 Å². The van der Waals surface area contributed by atoms with Crippen LogP contribution in [0, 0.1) is 0 Å². The fourth-order valence-electron chi connectivity index (χ4n) is 2.59. The molecule has 0 aliphatic rings. The van der Waals surface area contributed by atoms with E-state index in [1.807, 2.05) is 26.8 Å². The van der Waals surface area contributed by atoms with Gasteiger partial charge in [-0.3, -0.25) is 0 Å². The number of carbonyl (C=O) groups excluding carboxylic acids is 1. The molecule has 1 rings (SSSR count). The predicted octanol–water partition coefficient (Wildman–Crippen LogP) is 3.99. The molecule has 0 heterocycles. The minimum absolute atomic E-state index is 0.270. The minimum Gasteiger partial charge on any atom is -0.508 e. The molecule has 0 fully saturated rings. The molecule has 0 radical (unpaired) electrons. The van der Waals surface area contributed by atoms with Crippen LogP contribution in [-0.4, -0.2) is 69.5 Å². The van der Waals surface area contributed by atoms with E-state index in [2.05, 4.69) is 26.6 Å². The number of carbonyl (C=O) groups is 1. The Morgan fingerprint density at radius 2 is 1.56 bits per heavy atom. The summed E-state index contributed by atoms with van der Waals surface area (Å²) in [5.41, 5.74) is 0.557. The van der Waals surface area contributed by atoms with E-state index in [4.69, 9.17) is 18.9 Å². The van der Waals surface area contributed by atoms with E-state index < -0.39 is 5.60 Å². The van der Waals surface area contributed by atoms with Crippen molar-refractivity contribution in [2.24, 2.45) is 0 Å². The Bertz CT molecular complexity index is 639. The number of ether oxygens (including phenoxy) is 4. The van der Waals surface area contributed by atoms with Crippen LogP contribution in [0.4, 0.5) is 4.79 Å². The van der Waals surface area contributed by atoms with Crippen LogP contribution in [0.5, 0.6) is 5.75 Å². The number of phenols is 1. The van der Waals surface area contributed by atoms with Crippen molar-refractivity contribution in [1.82, 2.24) is 10.6 Å². The first kappa shape index (κ1) is 28.6. The van der Waals surface area contributed by atoms with Crippen molar-refractivity contribution in [1.29, 1.82) is 0 Å². The van der Waals surface area contributed by atoms with E-state index in [0.717, 1.165) is 35.8 Å². The summed E-state index contributed by atoms with van der Waals surface area (Å²) in [5.74, 6) is 0.270. The van der Waals surface area contributed by atoms with E-state index in [1.54, 1.807) is 12.1 Å². The number of unbranched alkanes of at least 4 members (excludes halogenated alkanes) is 1. The van der Waals surface area contributed by atoms with Crippen LogP contribution < -0.4 is 10.6 Å². The second kappa shape index (κ2) is 17.1. The first-order chi connectivity index (χ1) is 15.3. The molecule has 0 saturated carbocycles. The van der Waals surface area contributed by atoms with Crippen LogP contribution in [0.15, 0.2) is 22.7 Å². The number of rotatable bonds is 17. The van der Waals surface area contributed by atoms with Gasteiger partial charge in [-0.1, -0.05) is 15.9 Å². The second-order valence-corrected chi connectivity index (χ2v) is 9.13. The molecule has 1 amide bonds. The predicted molar refractivity (Wildman–Crippen MR) is 128 cm³/mol. The maximum absolute atomic E-state index is 11.5. The van der Waals surface area contributed by atoms with Gasteiger partial charge >= 0.3 is 6.09 Å². The molecule has 0 unspecified atom stereocenters. The topological polar surface area (TPSA) is 98.3 Å². The van der Waals surface area contributed by atoms with E-state index in [1.165, 1.54) is 0 Å². The summed E-state index contributed by atoms with van der Waals surface area (Å²) in [7, 11) is 0. The van der Waals surface area contributed by atoms with E-state index in [9.17, 15) is 9.90 Å². The number of nitrogens with one attached hydrogen (secondary N) is 2. The monoisotopic (exact) mass is 518 g/mol. The normalized spacial score (nSPS) is 11.5. The maximum atomic E-state index is 11.5. The SMILES string of the molecule is CC(C)(C)OC(=O)NCCCCOCCOCCOCCCNCc1cc(O)ccc1Br. The average molecular weight is 519 g/mol. The zero-order valence-electron chi connectivity index (χ0n) is 19.6. The highest BCUT2D eigenvalue weighted by molar-refractivity contribution is 9.10. The summed E-state index contributed by atoms with van der Waals surface area (Å²) in [6, 6.07) is 5.25. The van der Waals surface area contributed by atoms with Crippen LogP contribution in [0.3, 0.4) is 0 Å². The molecule has 1 aromatic rings. The standard InChI is InChI=1S/C23H39BrN2O6/c1-23(2,3)32-22(28)26-10-4-5-11-29-13-15-31-16-14-30-12-6-9-25-18-19-17-20(27)7-8-21(19)24/h7-8,17,25,27H,4-6,9-16,18H2,1-3H3,(H,26,28). The molecule has 8 nitrogen and oxygen atoms in total. The molecule has 0 bridgehead atoms. The third kappa shape index (κ3) is 16.3. The molecule has 0 aliphatic carbocycles. The molecule has 0 atom stereocenters. The summed E-state index contributed by atoms with van der Waals surface area (Å²) in [5, 5.41) is 15.6. The largest absolute Gasteiger partial charge is 0.508 e. The zero-order valence-corrected chi connectivity index (χ0v) is 21.2. The summed E-state index contributed by atoms with van der Waals surface area (Å²) < 4.78 is 22.7. The summed E-state index contributed by atoms with van der Waals surface area (Å²) >= 11 is 3.47. The highest BCUT2D eigenvalue weighted by atomic mass is 79.9. The number of amides is 1. The van der Waals surface area contributed by atoms with Gasteiger partial charge in [-0.15, -0.1) is 0 Å². The van der Waals surface area contributed by atoms with E-state index >= 15 is 0 Å². The van der Waals surface area contributed by atoms with Crippen LogP contribution in [0.1, 0.15) is 45.6 Å². The van der Waals surface area contributed by atoms with Gasteiger partial charge in [0.1, 0.15) is 11.4 Å². The minimum atomic E-state index is -0.470. The van der Waals surface area contributed by atoms with Crippen LogP contribution in [-0.2, 0) is 25.5 Å². The Kier molecular flexibility index (Phi) is 15.3. The fourth-order valence-corrected chi connectivity index (χ4v) is 2.98. The highest BCUT2D eigenvalue weighted by Crippen LogP contribution is 2.21. The van der Waals surface area contributed by atoms with Crippen molar-refractivity contribution in [3.05, 3.63) is 28.2 Å². The lowest BCUT2D eigenvalue weighted by Gasteiger charge is -2.19. The molecule has 0 saturated heterocycles. The fraction of sp³-hybridized carbons (Fsp3) is 0.696. The zero-order chi connectivity index (χ0) is 23.7. The third-order valence-electron chi connectivity index (χ3n) is 4.11. The van der Waals surface area contributed by atoms with Crippen molar-refractivity contribution in [2.75, 3.05) is 52.7 Å². The van der Waals surface area contributed by atoms with Gasteiger partial charge in [0.15, 0.2) is 0 Å². The smallest absolute Gasteiger partial charge is 0.407 e. The van der Waals surface area contributed by atoms with E-state index in [0.29, 0.717) is 52.7 Å².